The number of nitrogens with two attached hydrogens (primary N) is 1. The average Bonchev–Trinajstić information content (AvgIpc) is 1.63. The lowest BCUT2D eigenvalue weighted by Crippen LogP contribution is -2.37. The Kier molecular flexibility index (Phi) is 3.72. The van der Waals surface area contributed by atoms with E-state index in [9.17, 15) is 0 Å². The van der Waals surface area contributed by atoms with Gasteiger partial charge in [0.2, 0.25) is 0 Å². The van der Waals surface area contributed by atoms with Gasteiger partial charge in [-0.2, -0.15) is 5.90 Å². The fourth-order valence-electron chi connectivity index (χ4n) is 0.359. The summed E-state index contributed by atoms with van der Waals surface area (Å²) in [6.07, 6.45) is 0. The molecule has 56 valence electrons. The van der Waals surface area contributed by atoms with Crippen LogP contribution in [0, 0.1) is 0 Å². The van der Waals surface area contributed by atoms with Crippen molar-refractivity contribution in [1.82, 2.24) is 0 Å². The van der Waals surface area contributed by atoms with Gasteiger partial charge in [0.1, 0.15) is 13.2 Å². The summed E-state index contributed by atoms with van der Waals surface area (Å²) in [5.74, 6) is 4.63. The zero-order chi connectivity index (χ0) is 7.33. The van der Waals surface area contributed by atoms with Crippen molar-refractivity contribution in [3.63, 3.8) is 0 Å². The second-order valence-electron chi connectivity index (χ2n) is 2.93. The van der Waals surface area contributed by atoms with Crippen LogP contribution in [-0.4, -0.2) is 38.8 Å². The quantitative estimate of drug-likeness (QED) is 0.245. The highest BCUT2D eigenvalue weighted by molar-refractivity contribution is 4.21. The first-order valence-corrected chi connectivity index (χ1v) is 2.85. The molecule has 0 rings (SSSR count). The monoisotopic (exact) mass is 135 g/mol. The van der Waals surface area contributed by atoms with Crippen molar-refractivity contribution in [2.45, 2.75) is 0 Å². The van der Waals surface area contributed by atoms with Crippen LogP contribution < -0.4 is 5.90 Å². The summed E-state index contributed by atoms with van der Waals surface area (Å²) in [6.45, 7) is 1.41. The van der Waals surface area contributed by atoms with E-state index in [2.05, 4.69) is 36.9 Å². The number of quaternary nitrogens is 1. The molecule has 0 heterocycles. The highest BCUT2D eigenvalue weighted by Crippen LogP contribution is 1.87. The Labute approximate surface area is 55.6 Å². The zero-order valence-corrected chi connectivity index (χ0v) is 6.26. The normalized spacial score (nSPS) is 12.0. The largest absolute Gasteiger partial charge is 0.329 e. The minimum atomic E-state index is 0.528. The second kappa shape index (κ2) is 3.79. The lowest BCUT2D eigenvalue weighted by atomic mass is 10.5. The summed E-state index contributed by atoms with van der Waals surface area (Å²) in [7, 11) is 6.21. The van der Waals surface area contributed by atoms with E-state index in [1.54, 1.807) is 0 Å². The number of likely N-dealkylation sites (N-methyl/N-ethyl adjacent to an activating group) is 1. The molecule has 0 aliphatic rings. The standard InChI is InChI=1S/C5H15N2O2/c1-7(2,3)4-5-8-9-6/h4-6H2,1-3H3/q+1. The SMILES string of the molecule is C[N+](C)(C)CCOON. The molecule has 0 unspecified atom stereocenters. The summed E-state index contributed by atoms with van der Waals surface area (Å²) in [4.78, 5) is 8.40. The second-order valence-corrected chi connectivity index (χ2v) is 2.93. The minimum absolute atomic E-state index is 0.528. The number of hydrogen-bond acceptors (Lipinski definition) is 3. The van der Waals surface area contributed by atoms with E-state index in [1.165, 1.54) is 0 Å². The first-order valence-electron chi connectivity index (χ1n) is 2.85. The molecule has 0 radical (unpaired) electrons. The Hall–Kier alpha value is -0.160. The smallest absolute Gasteiger partial charge is 0.133 e. The van der Waals surface area contributed by atoms with Crippen LogP contribution >= 0.6 is 0 Å². The molecule has 0 aliphatic carbocycles. The molecule has 0 amide bonds. The molecule has 0 fully saturated rings. The Morgan fingerprint density at radius 2 is 1.89 bits per heavy atom. The fourth-order valence-corrected chi connectivity index (χ4v) is 0.359. The lowest BCUT2D eigenvalue weighted by molar-refractivity contribution is -0.871. The predicted molar refractivity (Wildman–Crippen MR) is 34.1 cm³/mol. The van der Waals surface area contributed by atoms with Crippen molar-refractivity contribution in [3.8, 4) is 0 Å². The van der Waals surface area contributed by atoms with Crippen LogP contribution in [0.4, 0.5) is 0 Å². The number of hydrogen-bond donors (Lipinski definition) is 1. The summed E-state index contributed by atoms with van der Waals surface area (Å²) in [5, 5.41) is 0. The van der Waals surface area contributed by atoms with Gasteiger partial charge in [-0.1, -0.05) is 0 Å². The van der Waals surface area contributed by atoms with Gasteiger partial charge in [0.05, 0.1) is 21.1 Å². The summed E-state index contributed by atoms with van der Waals surface area (Å²) in [6, 6.07) is 0. The predicted octanol–water partition coefficient (Wildman–Crippen LogP) is -0.485. The molecule has 0 aromatic heterocycles. The molecule has 0 bridgehead atoms. The van der Waals surface area contributed by atoms with Crippen molar-refractivity contribution in [2.24, 2.45) is 5.90 Å². The maximum absolute atomic E-state index is 4.63. The van der Waals surface area contributed by atoms with Crippen LogP contribution in [0.15, 0.2) is 0 Å². The molecule has 0 aliphatic heterocycles. The van der Waals surface area contributed by atoms with E-state index in [-0.39, 0.29) is 0 Å². The minimum Gasteiger partial charge on any atom is -0.329 e. The topological polar surface area (TPSA) is 44.5 Å². The molecule has 0 aromatic carbocycles. The molecule has 0 spiro atoms. The van der Waals surface area contributed by atoms with Gasteiger partial charge in [0.15, 0.2) is 0 Å². The first kappa shape index (κ1) is 8.84. The third kappa shape index (κ3) is 7.84. The molecule has 4 heteroatoms. The molecule has 0 atom stereocenters. The molecular formula is C5H15N2O2+. The van der Waals surface area contributed by atoms with Gasteiger partial charge in [-0.05, 0) is 0 Å². The molecule has 9 heavy (non-hydrogen) atoms. The van der Waals surface area contributed by atoms with Gasteiger partial charge in [-0.25, -0.2) is 4.89 Å². The Morgan fingerprint density at radius 1 is 1.33 bits per heavy atom. The maximum atomic E-state index is 4.63. The van der Waals surface area contributed by atoms with E-state index < -0.39 is 0 Å². The highest BCUT2D eigenvalue weighted by atomic mass is 17.3. The summed E-state index contributed by atoms with van der Waals surface area (Å²) >= 11 is 0. The highest BCUT2D eigenvalue weighted by Gasteiger charge is 2.05. The average molecular weight is 135 g/mol. The van der Waals surface area contributed by atoms with Crippen molar-refractivity contribution >= 4 is 0 Å². The van der Waals surface area contributed by atoms with Crippen molar-refractivity contribution in [3.05, 3.63) is 0 Å². The summed E-state index contributed by atoms with van der Waals surface area (Å²) in [5.41, 5.74) is 0. The van der Waals surface area contributed by atoms with Crippen LogP contribution in [0.3, 0.4) is 0 Å². The Balaban J connectivity index is 3.07. The van der Waals surface area contributed by atoms with Gasteiger partial charge < -0.3 is 4.48 Å². The first-order chi connectivity index (χ1) is 4.06. The van der Waals surface area contributed by atoms with E-state index >= 15 is 0 Å². The van der Waals surface area contributed by atoms with E-state index in [4.69, 9.17) is 0 Å². The fraction of sp³-hybridized carbons (Fsp3) is 1.00. The van der Waals surface area contributed by atoms with Gasteiger partial charge >= 0.3 is 0 Å². The van der Waals surface area contributed by atoms with Gasteiger partial charge in [-0.15, -0.1) is 4.99 Å². The third-order valence-electron chi connectivity index (χ3n) is 0.913. The van der Waals surface area contributed by atoms with E-state index in [0.717, 1.165) is 11.0 Å². The van der Waals surface area contributed by atoms with Crippen molar-refractivity contribution in [1.29, 1.82) is 0 Å². The van der Waals surface area contributed by atoms with Crippen LogP contribution in [0.5, 0.6) is 0 Å². The van der Waals surface area contributed by atoms with Gasteiger partial charge in [0, 0.05) is 0 Å². The molecule has 4 nitrogen and oxygen atoms in total. The van der Waals surface area contributed by atoms with E-state index in [0.29, 0.717) is 6.61 Å². The number of rotatable bonds is 4. The maximum Gasteiger partial charge on any atom is 0.133 e. The molecular weight excluding hydrogens is 120 g/mol. The molecule has 0 saturated carbocycles. The van der Waals surface area contributed by atoms with Crippen LogP contribution in [0.1, 0.15) is 0 Å². The zero-order valence-electron chi connectivity index (χ0n) is 6.26. The third-order valence-corrected chi connectivity index (χ3v) is 0.913. The van der Waals surface area contributed by atoms with Crippen LogP contribution in [0.2, 0.25) is 0 Å². The Bertz CT molecular complexity index is 69.8. The molecule has 2 N–H and O–H groups in total. The molecule has 0 saturated heterocycles. The lowest BCUT2D eigenvalue weighted by Gasteiger charge is -2.22. The van der Waals surface area contributed by atoms with Crippen LogP contribution in [-0.2, 0) is 9.88 Å². The van der Waals surface area contributed by atoms with Crippen molar-refractivity contribution < 1.29 is 14.4 Å². The van der Waals surface area contributed by atoms with Crippen LogP contribution in [0.25, 0.3) is 0 Å². The Morgan fingerprint density at radius 3 is 2.22 bits per heavy atom. The summed E-state index contributed by atoms with van der Waals surface area (Å²) < 4.78 is 0.851. The van der Waals surface area contributed by atoms with Gasteiger partial charge in [-0.3, -0.25) is 0 Å². The number of nitrogens with zero attached hydrogens (tertiary/aromatic N) is 1. The van der Waals surface area contributed by atoms with Crippen molar-refractivity contribution in [2.75, 3.05) is 34.3 Å². The van der Waals surface area contributed by atoms with Gasteiger partial charge in [0.25, 0.3) is 0 Å². The molecule has 0 aromatic rings. The van der Waals surface area contributed by atoms with E-state index in [1.807, 2.05) is 0 Å².